The molecule has 0 fully saturated rings. The monoisotopic (exact) mass is 507 g/mol. The predicted octanol–water partition coefficient (Wildman–Crippen LogP) is 4.18. The highest BCUT2D eigenvalue weighted by atomic mass is 32.2. The van der Waals surface area contributed by atoms with Gasteiger partial charge in [-0.25, -0.2) is 17.8 Å². The van der Waals surface area contributed by atoms with Crippen LogP contribution in [0.15, 0.2) is 83.0 Å². The number of rotatable bonds is 7. The van der Waals surface area contributed by atoms with Crippen molar-refractivity contribution >= 4 is 21.4 Å². The zero-order valence-electron chi connectivity index (χ0n) is 17.8. The Morgan fingerprint density at radius 2 is 1.74 bits per heavy atom. The fourth-order valence-corrected chi connectivity index (χ4v) is 4.46. The first kappa shape index (κ1) is 24.2. The zero-order valence-corrected chi connectivity index (χ0v) is 18.6. The lowest BCUT2D eigenvalue weighted by molar-refractivity contribution is -0.153. The van der Waals surface area contributed by atoms with Gasteiger partial charge in [0.2, 0.25) is 9.84 Å². The average Bonchev–Trinajstić information content (AvgIpc) is 3.29. The first-order valence-electron chi connectivity index (χ1n) is 10.1. The summed E-state index contributed by atoms with van der Waals surface area (Å²) < 4.78 is 82.5. The third-order valence-electron chi connectivity index (χ3n) is 4.94. The van der Waals surface area contributed by atoms with Gasteiger partial charge in [0.05, 0.1) is 15.4 Å². The molecule has 0 saturated carbocycles. The summed E-state index contributed by atoms with van der Waals surface area (Å²) in [7, 11) is -4.14. The molecule has 0 aliphatic rings. The second-order valence-corrected chi connectivity index (χ2v) is 9.39. The summed E-state index contributed by atoms with van der Waals surface area (Å²) in [6.07, 6.45) is 0.287. The van der Waals surface area contributed by atoms with Crippen molar-refractivity contribution in [2.45, 2.75) is 22.5 Å². The molecule has 4 aromatic rings. The van der Waals surface area contributed by atoms with Gasteiger partial charge in [-0.1, -0.05) is 12.1 Å². The van der Waals surface area contributed by atoms with Crippen LogP contribution in [0.3, 0.4) is 0 Å². The number of pyridine rings is 1. The van der Waals surface area contributed by atoms with Gasteiger partial charge in [-0.3, -0.25) is 4.79 Å². The van der Waals surface area contributed by atoms with Crippen molar-refractivity contribution in [2.75, 3.05) is 6.61 Å². The van der Waals surface area contributed by atoms with Crippen molar-refractivity contribution in [2.24, 2.45) is 0 Å². The smallest absolute Gasteiger partial charge is 0.422 e. The van der Waals surface area contributed by atoms with E-state index >= 15 is 0 Å². The van der Waals surface area contributed by atoms with Crippen LogP contribution in [0.25, 0.3) is 5.65 Å². The number of benzene rings is 2. The van der Waals surface area contributed by atoms with Crippen molar-refractivity contribution in [1.29, 1.82) is 0 Å². The van der Waals surface area contributed by atoms with Gasteiger partial charge < -0.3 is 14.5 Å². The largest absolute Gasteiger partial charge is 0.481 e. The Balaban J connectivity index is 1.42. The van der Waals surface area contributed by atoms with Crippen molar-refractivity contribution in [3.05, 3.63) is 90.1 Å². The van der Waals surface area contributed by atoms with E-state index in [9.17, 15) is 30.8 Å². The molecule has 2 heterocycles. The summed E-state index contributed by atoms with van der Waals surface area (Å²) in [6, 6.07) is 11.3. The Bertz CT molecular complexity index is 1480. The van der Waals surface area contributed by atoms with Gasteiger partial charge in [-0.05, 0) is 48.0 Å². The first-order valence-corrected chi connectivity index (χ1v) is 11.6. The molecule has 1 amide bonds. The topological polar surface area (TPSA) is 89.8 Å². The van der Waals surface area contributed by atoms with Crippen molar-refractivity contribution in [1.82, 2.24) is 14.7 Å². The number of ether oxygens (including phenoxy) is 1. The maximum Gasteiger partial charge on any atom is 0.422 e. The van der Waals surface area contributed by atoms with Gasteiger partial charge in [0.25, 0.3) is 5.91 Å². The van der Waals surface area contributed by atoms with Crippen LogP contribution in [0.1, 0.15) is 15.9 Å². The highest BCUT2D eigenvalue weighted by molar-refractivity contribution is 7.91. The average molecular weight is 507 g/mol. The Hall–Kier alpha value is -3.93. The molecule has 4 rings (SSSR count). The van der Waals surface area contributed by atoms with E-state index in [0.717, 1.165) is 12.1 Å². The lowest BCUT2D eigenvalue weighted by Gasteiger charge is -2.11. The molecule has 2 aromatic carbocycles. The van der Waals surface area contributed by atoms with E-state index in [1.54, 1.807) is 35.1 Å². The SMILES string of the molecule is O=C(NCc1ccc(S(=O)(=O)c2ccc(OCC(F)(F)F)c(F)c2)cc1)c1ccc2nccn2c1. The quantitative estimate of drug-likeness (QED) is 0.379. The van der Waals surface area contributed by atoms with E-state index in [4.69, 9.17) is 0 Å². The standard InChI is InChI=1S/C23H17F4N3O4S/c24-19-11-18(6-7-20(19)34-14-23(25,26)27)35(32,33)17-4-1-15(2-5-17)12-29-22(31)16-3-8-21-28-9-10-30(21)13-16/h1-11,13H,12,14H2,(H,29,31). The lowest BCUT2D eigenvalue weighted by Crippen LogP contribution is -2.23. The van der Waals surface area contributed by atoms with E-state index in [1.165, 1.54) is 24.3 Å². The Labute approximate surface area is 196 Å². The Kier molecular flexibility index (Phi) is 6.48. The van der Waals surface area contributed by atoms with Gasteiger partial charge >= 0.3 is 6.18 Å². The van der Waals surface area contributed by atoms with E-state index in [2.05, 4.69) is 15.0 Å². The van der Waals surface area contributed by atoms with Crippen molar-refractivity contribution in [3.8, 4) is 5.75 Å². The number of alkyl halides is 3. The van der Waals surface area contributed by atoms with E-state index in [1.807, 2.05) is 0 Å². The number of carbonyl (C=O) groups excluding carboxylic acids is 1. The van der Waals surface area contributed by atoms with Gasteiger partial charge in [-0.2, -0.15) is 13.2 Å². The number of nitrogens with one attached hydrogen (secondary N) is 1. The van der Waals surface area contributed by atoms with E-state index < -0.39 is 39.1 Å². The summed E-state index contributed by atoms with van der Waals surface area (Å²) in [5.74, 6) is -2.27. The molecule has 0 radical (unpaired) electrons. The Morgan fingerprint density at radius 3 is 2.43 bits per heavy atom. The second kappa shape index (κ2) is 9.37. The van der Waals surface area contributed by atoms with Gasteiger partial charge in [0.15, 0.2) is 18.2 Å². The number of aromatic nitrogens is 2. The highest BCUT2D eigenvalue weighted by Crippen LogP contribution is 2.27. The van der Waals surface area contributed by atoms with Crippen LogP contribution < -0.4 is 10.1 Å². The summed E-state index contributed by atoms with van der Waals surface area (Å²) in [5.41, 5.74) is 1.73. The fourth-order valence-electron chi connectivity index (χ4n) is 3.19. The molecule has 1 N–H and O–H groups in total. The highest BCUT2D eigenvalue weighted by Gasteiger charge is 2.29. The van der Waals surface area contributed by atoms with Crippen molar-refractivity contribution < 1.29 is 35.5 Å². The number of carbonyl (C=O) groups is 1. The molecule has 0 atom stereocenters. The van der Waals surface area contributed by atoms with Crippen LogP contribution in [0, 0.1) is 5.82 Å². The summed E-state index contributed by atoms with van der Waals surface area (Å²) in [4.78, 5) is 15.9. The van der Waals surface area contributed by atoms with Crippen LogP contribution in [-0.4, -0.2) is 36.5 Å². The molecule has 35 heavy (non-hydrogen) atoms. The number of nitrogens with zero attached hydrogens (tertiary/aromatic N) is 2. The van der Waals surface area contributed by atoms with Crippen LogP contribution in [0.4, 0.5) is 17.6 Å². The maximum absolute atomic E-state index is 14.1. The van der Waals surface area contributed by atoms with E-state index in [-0.39, 0.29) is 17.3 Å². The van der Waals surface area contributed by atoms with Gasteiger partial charge in [-0.15, -0.1) is 0 Å². The van der Waals surface area contributed by atoms with Gasteiger partial charge in [0, 0.05) is 25.1 Å². The lowest BCUT2D eigenvalue weighted by atomic mass is 10.2. The predicted molar refractivity (Wildman–Crippen MR) is 116 cm³/mol. The molecule has 7 nitrogen and oxygen atoms in total. The molecule has 0 aliphatic carbocycles. The van der Waals surface area contributed by atoms with Crippen LogP contribution >= 0.6 is 0 Å². The van der Waals surface area contributed by atoms with E-state index in [0.29, 0.717) is 22.8 Å². The molecular formula is C23H17F4N3O4S. The molecule has 182 valence electrons. The normalized spacial score (nSPS) is 12.0. The van der Waals surface area contributed by atoms with Gasteiger partial charge in [0.1, 0.15) is 5.65 Å². The number of hydrogen-bond donors (Lipinski definition) is 1. The van der Waals surface area contributed by atoms with Crippen LogP contribution in [-0.2, 0) is 16.4 Å². The molecule has 0 unspecified atom stereocenters. The molecule has 0 saturated heterocycles. The van der Waals surface area contributed by atoms with Crippen LogP contribution in [0.2, 0.25) is 0 Å². The molecule has 2 aromatic heterocycles. The fraction of sp³-hybridized carbons (Fsp3) is 0.130. The number of fused-ring (bicyclic) bond motifs is 1. The molecule has 0 spiro atoms. The minimum atomic E-state index is -4.66. The Morgan fingerprint density at radius 1 is 1.03 bits per heavy atom. The molecular weight excluding hydrogens is 490 g/mol. The third-order valence-corrected chi connectivity index (χ3v) is 6.71. The molecule has 0 bridgehead atoms. The molecule has 0 aliphatic heterocycles. The number of amides is 1. The molecule has 12 heteroatoms. The number of hydrogen-bond acceptors (Lipinski definition) is 5. The van der Waals surface area contributed by atoms with Crippen molar-refractivity contribution in [3.63, 3.8) is 0 Å². The minimum Gasteiger partial charge on any atom is -0.481 e. The van der Waals surface area contributed by atoms with Crippen LogP contribution in [0.5, 0.6) is 5.75 Å². The zero-order chi connectivity index (χ0) is 25.2. The summed E-state index contributed by atoms with van der Waals surface area (Å²) >= 11 is 0. The maximum atomic E-state index is 14.1. The number of imidazole rings is 1. The third kappa shape index (κ3) is 5.60. The second-order valence-electron chi connectivity index (χ2n) is 7.44. The minimum absolute atomic E-state index is 0.126. The summed E-state index contributed by atoms with van der Waals surface area (Å²) in [6.45, 7) is -1.58. The number of sulfone groups is 1. The number of halogens is 4. The first-order chi connectivity index (χ1) is 16.5. The summed E-state index contributed by atoms with van der Waals surface area (Å²) in [5, 5.41) is 2.73.